The van der Waals surface area contributed by atoms with Crippen LogP contribution in [0.15, 0.2) is 24.3 Å². The highest BCUT2D eigenvalue weighted by molar-refractivity contribution is 5.33. The molecule has 0 amide bonds. The van der Waals surface area contributed by atoms with Gasteiger partial charge in [-0.15, -0.1) is 0 Å². The lowest BCUT2D eigenvalue weighted by atomic mass is 9.83. The quantitative estimate of drug-likeness (QED) is 0.884. The predicted octanol–water partition coefficient (Wildman–Crippen LogP) is 3.12. The highest BCUT2D eigenvalue weighted by atomic mass is 15.2. The Labute approximate surface area is 111 Å². The van der Waals surface area contributed by atoms with Gasteiger partial charge in [0, 0.05) is 18.1 Å². The van der Waals surface area contributed by atoms with Gasteiger partial charge in [0.25, 0.3) is 0 Å². The van der Waals surface area contributed by atoms with Crippen molar-refractivity contribution < 1.29 is 0 Å². The molecule has 2 heteroatoms. The van der Waals surface area contributed by atoms with Crippen LogP contribution in [0.25, 0.3) is 0 Å². The van der Waals surface area contributed by atoms with E-state index in [0.717, 1.165) is 6.54 Å². The largest absolute Gasteiger partial charge is 0.323 e. The summed E-state index contributed by atoms with van der Waals surface area (Å²) in [6, 6.07) is 9.96. The Kier molecular flexibility index (Phi) is 4.41. The molecule has 2 nitrogen and oxygen atoms in total. The van der Waals surface area contributed by atoms with Crippen molar-refractivity contribution in [3.8, 4) is 0 Å². The van der Waals surface area contributed by atoms with Crippen molar-refractivity contribution in [1.82, 2.24) is 4.90 Å². The van der Waals surface area contributed by atoms with Gasteiger partial charge in [0.2, 0.25) is 0 Å². The molecule has 0 saturated carbocycles. The van der Waals surface area contributed by atoms with Crippen LogP contribution in [0, 0.1) is 0 Å². The van der Waals surface area contributed by atoms with Crippen LogP contribution in [0.4, 0.5) is 0 Å². The summed E-state index contributed by atoms with van der Waals surface area (Å²) in [5.41, 5.74) is 9.32. The minimum absolute atomic E-state index is 0.170. The third-order valence-corrected chi connectivity index (χ3v) is 4.49. The standard InChI is InChI=1S/C16H26N2/c1-4-12(3)18(5-2)15-11-10-13-8-6-7-9-14(13)16(15)17/h6-9,12,15-16H,4-5,10-11,17H2,1-3H3. The van der Waals surface area contributed by atoms with E-state index >= 15 is 0 Å². The molecule has 2 rings (SSSR count). The van der Waals surface area contributed by atoms with E-state index in [-0.39, 0.29) is 6.04 Å². The lowest BCUT2D eigenvalue weighted by Crippen LogP contribution is -2.49. The van der Waals surface area contributed by atoms with Gasteiger partial charge in [0.05, 0.1) is 0 Å². The molecule has 0 bridgehead atoms. The van der Waals surface area contributed by atoms with Gasteiger partial charge in [0.15, 0.2) is 0 Å². The van der Waals surface area contributed by atoms with Gasteiger partial charge in [-0.1, -0.05) is 38.1 Å². The third-order valence-electron chi connectivity index (χ3n) is 4.49. The summed E-state index contributed by atoms with van der Waals surface area (Å²) in [4.78, 5) is 2.58. The topological polar surface area (TPSA) is 29.3 Å². The van der Waals surface area contributed by atoms with E-state index in [4.69, 9.17) is 5.73 Å². The normalized spacial score (nSPS) is 24.9. The summed E-state index contributed by atoms with van der Waals surface area (Å²) in [5.74, 6) is 0. The Bertz CT molecular complexity index is 388. The van der Waals surface area contributed by atoms with Crippen molar-refractivity contribution in [2.75, 3.05) is 6.54 Å². The van der Waals surface area contributed by atoms with Crippen LogP contribution in [0.3, 0.4) is 0 Å². The van der Waals surface area contributed by atoms with E-state index in [0.29, 0.717) is 12.1 Å². The van der Waals surface area contributed by atoms with E-state index in [1.165, 1.54) is 30.4 Å². The molecule has 0 spiro atoms. The van der Waals surface area contributed by atoms with Crippen LogP contribution in [0.2, 0.25) is 0 Å². The number of benzene rings is 1. The number of nitrogens with zero attached hydrogens (tertiary/aromatic N) is 1. The van der Waals surface area contributed by atoms with Gasteiger partial charge in [0.1, 0.15) is 0 Å². The molecule has 0 saturated heterocycles. The van der Waals surface area contributed by atoms with Crippen LogP contribution < -0.4 is 5.73 Å². The Hall–Kier alpha value is -0.860. The molecule has 1 aromatic carbocycles. The van der Waals surface area contributed by atoms with Gasteiger partial charge in [-0.25, -0.2) is 0 Å². The van der Waals surface area contributed by atoms with Crippen molar-refractivity contribution in [2.45, 2.75) is 58.2 Å². The summed E-state index contributed by atoms with van der Waals surface area (Å²) >= 11 is 0. The molecular formula is C16H26N2. The minimum Gasteiger partial charge on any atom is -0.323 e. The minimum atomic E-state index is 0.170. The van der Waals surface area contributed by atoms with Crippen molar-refractivity contribution in [3.63, 3.8) is 0 Å². The fourth-order valence-electron chi connectivity index (χ4n) is 3.26. The Morgan fingerprint density at radius 2 is 2.06 bits per heavy atom. The zero-order chi connectivity index (χ0) is 13.1. The second-order valence-electron chi connectivity index (χ2n) is 5.42. The molecule has 0 aliphatic heterocycles. The van der Waals surface area contributed by atoms with Crippen LogP contribution in [-0.2, 0) is 6.42 Å². The molecule has 100 valence electrons. The first-order valence-electron chi connectivity index (χ1n) is 7.28. The number of hydrogen-bond donors (Lipinski definition) is 1. The highest BCUT2D eigenvalue weighted by Crippen LogP contribution is 2.32. The van der Waals surface area contributed by atoms with E-state index in [1.54, 1.807) is 0 Å². The summed E-state index contributed by atoms with van der Waals surface area (Å²) in [5, 5.41) is 0. The van der Waals surface area contributed by atoms with Gasteiger partial charge in [-0.05, 0) is 43.9 Å². The fourth-order valence-corrected chi connectivity index (χ4v) is 3.26. The van der Waals surface area contributed by atoms with E-state index in [1.807, 2.05) is 0 Å². The summed E-state index contributed by atoms with van der Waals surface area (Å²) in [6.45, 7) is 7.92. The van der Waals surface area contributed by atoms with Crippen molar-refractivity contribution >= 4 is 0 Å². The SMILES string of the molecule is CCC(C)N(CC)C1CCc2ccccc2C1N. The molecule has 18 heavy (non-hydrogen) atoms. The van der Waals surface area contributed by atoms with Crippen molar-refractivity contribution in [2.24, 2.45) is 5.73 Å². The molecule has 1 aliphatic carbocycles. The van der Waals surface area contributed by atoms with Gasteiger partial charge < -0.3 is 5.73 Å². The zero-order valence-corrected chi connectivity index (χ0v) is 11.9. The number of rotatable bonds is 4. The van der Waals surface area contributed by atoms with Crippen molar-refractivity contribution in [3.05, 3.63) is 35.4 Å². The summed E-state index contributed by atoms with van der Waals surface area (Å²) in [7, 11) is 0. The van der Waals surface area contributed by atoms with Gasteiger partial charge in [-0.3, -0.25) is 4.90 Å². The molecule has 1 aliphatic rings. The molecule has 0 fully saturated rings. The Morgan fingerprint density at radius 3 is 2.72 bits per heavy atom. The first kappa shape index (κ1) is 13.6. The second-order valence-corrected chi connectivity index (χ2v) is 5.42. The number of hydrogen-bond acceptors (Lipinski definition) is 2. The smallest absolute Gasteiger partial charge is 0.0456 e. The lowest BCUT2D eigenvalue weighted by Gasteiger charge is -2.42. The average Bonchev–Trinajstić information content (AvgIpc) is 2.42. The maximum absolute atomic E-state index is 6.52. The first-order chi connectivity index (χ1) is 8.69. The lowest BCUT2D eigenvalue weighted by molar-refractivity contribution is 0.115. The van der Waals surface area contributed by atoms with E-state index < -0.39 is 0 Å². The Balaban J connectivity index is 2.22. The number of aryl methyl sites for hydroxylation is 1. The monoisotopic (exact) mass is 246 g/mol. The van der Waals surface area contributed by atoms with Crippen LogP contribution in [0.5, 0.6) is 0 Å². The molecular weight excluding hydrogens is 220 g/mol. The van der Waals surface area contributed by atoms with Crippen LogP contribution >= 0.6 is 0 Å². The van der Waals surface area contributed by atoms with Gasteiger partial charge in [-0.2, -0.15) is 0 Å². The molecule has 3 unspecified atom stereocenters. The summed E-state index contributed by atoms with van der Waals surface area (Å²) < 4.78 is 0. The number of fused-ring (bicyclic) bond motifs is 1. The average molecular weight is 246 g/mol. The number of likely N-dealkylation sites (N-methyl/N-ethyl adjacent to an activating group) is 1. The zero-order valence-electron chi connectivity index (χ0n) is 11.9. The van der Waals surface area contributed by atoms with E-state index in [2.05, 4.69) is 49.9 Å². The maximum atomic E-state index is 6.52. The molecule has 1 aromatic rings. The second kappa shape index (κ2) is 5.85. The maximum Gasteiger partial charge on any atom is 0.0456 e. The third kappa shape index (κ3) is 2.45. The van der Waals surface area contributed by atoms with Gasteiger partial charge >= 0.3 is 0 Å². The molecule has 0 heterocycles. The molecule has 3 atom stereocenters. The molecule has 0 radical (unpaired) electrons. The fraction of sp³-hybridized carbons (Fsp3) is 0.625. The number of nitrogens with two attached hydrogens (primary N) is 1. The summed E-state index contributed by atoms with van der Waals surface area (Å²) in [6.07, 6.45) is 3.55. The first-order valence-corrected chi connectivity index (χ1v) is 7.28. The molecule has 0 aromatic heterocycles. The Morgan fingerprint density at radius 1 is 1.33 bits per heavy atom. The predicted molar refractivity (Wildman–Crippen MR) is 77.6 cm³/mol. The van der Waals surface area contributed by atoms with Crippen molar-refractivity contribution in [1.29, 1.82) is 0 Å². The van der Waals surface area contributed by atoms with Crippen LogP contribution in [-0.4, -0.2) is 23.5 Å². The van der Waals surface area contributed by atoms with Crippen LogP contribution in [0.1, 0.15) is 50.8 Å². The molecule has 2 N–H and O–H groups in total. The highest BCUT2D eigenvalue weighted by Gasteiger charge is 2.31. The van der Waals surface area contributed by atoms with E-state index in [9.17, 15) is 0 Å².